The van der Waals surface area contributed by atoms with Gasteiger partial charge in [0.1, 0.15) is 11.4 Å². The van der Waals surface area contributed by atoms with Crippen molar-refractivity contribution >= 4 is 6.09 Å². The van der Waals surface area contributed by atoms with E-state index in [4.69, 9.17) is 9.84 Å². The zero-order valence-electron chi connectivity index (χ0n) is 12.4. The van der Waals surface area contributed by atoms with Crippen LogP contribution in [0.5, 0.6) is 5.75 Å². The summed E-state index contributed by atoms with van der Waals surface area (Å²) >= 11 is 0. The van der Waals surface area contributed by atoms with Crippen molar-refractivity contribution < 1.29 is 14.6 Å². The largest absolute Gasteiger partial charge is 0.506 e. The highest BCUT2D eigenvalue weighted by Crippen LogP contribution is 2.07. The van der Waals surface area contributed by atoms with Gasteiger partial charge < -0.3 is 20.5 Å². The number of nitrogens with zero attached hydrogens (tertiary/aromatic N) is 1. The summed E-state index contributed by atoms with van der Waals surface area (Å²) in [6.45, 7) is 8.46. The van der Waals surface area contributed by atoms with Crippen LogP contribution in [0.2, 0.25) is 0 Å². The van der Waals surface area contributed by atoms with E-state index in [0.29, 0.717) is 13.1 Å². The first-order valence-corrected chi connectivity index (χ1v) is 6.60. The summed E-state index contributed by atoms with van der Waals surface area (Å²) in [7, 11) is 0. The Morgan fingerprint density at radius 1 is 1.45 bits per heavy atom. The van der Waals surface area contributed by atoms with Gasteiger partial charge in [0.15, 0.2) is 0 Å². The monoisotopic (exact) mass is 281 g/mol. The highest BCUT2D eigenvalue weighted by molar-refractivity contribution is 5.67. The summed E-state index contributed by atoms with van der Waals surface area (Å²) < 4.78 is 5.15. The van der Waals surface area contributed by atoms with Gasteiger partial charge in [-0.3, -0.25) is 4.98 Å². The Hall–Kier alpha value is -1.82. The summed E-state index contributed by atoms with van der Waals surface area (Å²) in [5, 5.41) is 15.1. The van der Waals surface area contributed by atoms with Crippen LogP contribution < -0.4 is 10.6 Å². The molecule has 1 amide bonds. The Labute approximate surface area is 119 Å². The lowest BCUT2D eigenvalue weighted by molar-refractivity contribution is 0.0523. The standard InChI is InChI=1S/C14H23N3O3/c1-10(7-17-13(19)20-14(2,3)4)15-8-11-5-6-12(18)9-16-11/h5-6,9-10,15,18H,7-8H2,1-4H3,(H,17,19). The van der Waals surface area contributed by atoms with E-state index < -0.39 is 11.7 Å². The SMILES string of the molecule is CC(CNC(=O)OC(C)(C)C)NCc1ccc(O)cn1. The molecule has 0 fully saturated rings. The van der Waals surface area contributed by atoms with E-state index in [1.165, 1.54) is 6.20 Å². The van der Waals surface area contributed by atoms with Crippen LogP contribution in [0.4, 0.5) is 4.79 Å². The van der Waals surface area contributed by atoms with Crippen molar-refractivity contribution in [2.24, 2.45) is 0 Å². The molecular formula is C14H23N3O3. The van der Waals surface area contributed by atoms with Crippen molar-refractivity contribution in [2.45, 2.75) is 45.9 Å². The van der Waals surface area contributed by atoms with Gasteiger partial charge in [-0.15, -0.1) is 0 Å². The first-order valence-electron chi connectivity index (χ1n) is 6.60. The number of amides is 1. The topological polar surface area (TPSA) is 83.5 Å². The van der Waals surface area contributed by atoms with Gasteiger partial charge in [0.05, 0.1) is 11.9 Å². The van der Waals surface area contributed by atoms with Crippen molar-refractivity contribution in [3.63, 3.8) is 0 Å². The minimum atomic E-state index is -0.489. The second-order valence-electron chi connectivity index (χ2n) is 5.67. The van der Waals surface area contributed by atoms with Crippen LogP contribution in [0.1, 0.15) is 33.4 Å². The van der Waals surface area contributed by atoms with Crippen molar-refractivity contribution in [2.75, 3.05) is 6.54 Å². The van der Waals surface area contributed by atoms with E-state index in [0.717, 1.165) is 5.69 Å². The van der Waals surface area contributed by atoms with Gasteiger partial charge in [0, 0.05) is 19.1 Å². The fourth-order valence-corrected chi connectivity index (χ4v) is 1.42. The Kier molecular flexibility index (Phi) is 5.76. The maximum absolute atomic E-state index is 11.5. The van der Waals surface area contributed by atoms with Crippen LogP contribution in [0, 0.1) is 0 Å². The number of carbonyl (C=O) groups excluding carboxylic acids is 1. The molecule has 1 rings (SSSR count). The number of aromatic hydroxyl groups is 1. The highest BCUT2D eigenvalue weighted by atomic mass is 16.6. The van der Waals surface area contributed by atoms with E-state index in [-0.39, 0.29) is 11.8 Å². The van der Waals surface area contributed by atoms with E-state index in [9.17, 15) is 4.79 Å². The molecule has 0 aliphatic rings. The number of pyridine rings is 1. The fraction of sp³-hybridized carbons (Fsp3) is 0.571. The molecule has 0 saturated carbocycles. The first-order chi connectivity index (χ1) is 9.26. The van der Waals surface area contributed by atoms with E-state index >= 15 is 0 Å². The van der Waals surface area contributed by atoms with Gasteiger partial charge in [-0.1, -0.05) is 0 Å². The molecule has 1 aromatic heterocycles. The predicted octanol–water partition coefficient (Wildman–Crippen LogP) is 1.79. The minimum absolute atomic E-state index is 0.0816. The third-order valence-corrected chi connectivity index (χ3v) is 2.39. The normalized spacial score (nSPS) is 12.8. The van der Waals surface area contributed by atoms with Crippen LogP contribution in [0.3, 0.4) is 0 Å². The molecule has 20 heavy (non-hydrogen) atoms. The molecule has 3 N–H and O–H groups in total. The molecule has 0 spiro atoms. The average Bonchev–Trinajstić information content (AvgIpc) is 2.33. The minimum Gasteiger partial charge on any atom is -0.506 e. The second-order valence-corrected chi connectivity index (χ2v) is 5.67. The number of alkyl carbamates (subject to hydrolysis) is 1. The summed E-state index contributed by atoms with van der Waals surface area (Å²) in [6.07, 6.45) is 0.981. The molecule has 0 saturated heterocycles. The van der Waals surface area contributed by atoms with E-state index in [2.05, 4.69) is 15.6 Å². The Bertz CT molecular complexity index is 426. The molecule has 1 heterocycles. The lowest BCUT2D eigenvalue weighted by Gasteiger charge is -2.21. The van der Waals surface area contributed by atoms with Gasteiger partial charge in [-0.2, -0.15) is 0 Å². The zero-order chi connectivity index (χ0) is 15.2. The number of carbonyl (C=O) groups is 1. The van der Waals surface area contributed by atoms with Gasteiger partial charge in [0.25, 0.3) is 0 Å². The van der Waals surface area contributed by atoms with E-state index in [1.54, 1.807) is 12.1 Å². The van der Waals surface area contributed by atoms with Gasteiger partial charge in [-0.05, 0) is 39.8 Å². The number of rotatable bonds is 5. The van der Waals surface area contributed by atoms with E-state index in [1.807, 2.05) is 27.7 Å². The van der Waals surface area contributed by atoms with Crippen molar-refractivity contribution in [3.8, 4) is 5.75 Å². The average molecular weight is 281 g/mol. The van der Waals surface area contributed by atoms with Crippen molar-refractivity contribution in [1.82, 2.24) is 15.6 Å². The second kappa shape index (κ2) is 7.09. The van der Waals surface area contributed by atoms with Crippen LogP contribution >= 0.6 is 0 Å². The van der Waals surface area contributed by atoms with Crippen molar-refractivity contribution in [3.05, 3.63) is 24.0 Å². The van der Waals surface area contributed by atoms with Gasteiger partial charge in [-0.25, -0.2) is 4.79 Å². The molecule has 0 bridgehead atoms. The van der Waals surface area contributed by atoms with Crippen LogP contribution in [-0.4, -0.2) is 34.4 Å². The summed E-state index contributed by atoms with van der Waals surface area (Å²) in [4.78, 5) is 15.5. The third kappa shape index (κ3) is 6.94. The lowest BCUT2D eigenvalue weighted by Crippen LogP contribution is -2.41. The molecule has 1 aromatic rings. The molecule has 0 aromatic carbocycles. The summed E-state index contributed by atoms with van der Waals surface area (Å²) in [5.74, 6) is 0.147. The fourth-order valence-electron chi connectivity index (χ4n) is 1.42. The maximum atomic E-state index is 11.5. The molecule has 0 aliphatic carbocycles. The van der Waals surface area contributed by atoms with Gasteiger partial charge >= 0.3 is 6.09 Å². The molecule has 1 unspecified atom stereocenters. The number of hydrogen-bond donors (Lipinski definition) is 3. The molecular weight excluding hydrogens is 258 g/mol. The molecule has 0 radical (unpaired) electrons. The van der Waals surface area contributed by atoms with Crippen molar-refractivity contribution in [1.29, 1.82) is 0 Å². The van der Waals surface area contributed by atoms with Crippen LogP contribution in [0.15, 0.2) is 18.3 Å². The first kappa shape index (κ1) is 16.2. The maximum Gasteiger partial charge on any atom is 0.407 e. The third-order valence-electron chi connectivity index (χ3n) is 2.39. The molecule has 1 atom stereocenters. The summed E-state index contributed by atoms with van der Waals surface area (Å²) in [5.41, 5.74) is 0.336. The lowest BCUT2D eigenvalue weighted by atomic mass is 10.2. The molecule has 6 heteroatoms. The molecule has 112 valence electrons. The molecule has 0 aliphatic heterocycles. The van der Waals surface area contributed by atoms with Crippen LogP contribution in [0.25, 0.3) is 0 Å². The predicted molar refractivity (Wildman–Crippen MR) is 76.4 cm³/mol. The molecule has 6 nitrogen and oxygen atoms in total. The quantitative estimate of drug-likeness (QED) is 0.766. The van der Waals surface area contributed by atoms with Crippen LogP contribution in [-0.2, 0) is 11.3 Å². The highest BCUT2D eigenvalue weighted by Gasteiger charge is 2.16. The van der Waals surface area contributed by atoms with Gasteiger partial charge in [0.2, 0.25) is 0 Å². The summed E-state index contributed by atoms with van der Waals surface area (Å²) in [6, 6.07) is 3.42. The Morgan fingerprint density at radius 2 is 2.15 bits per heavy atom. The zero-order valence-corrected chi connectivity index (χ0v) is 12.4. The number of aromatic nitrogens is 1. The number of ether oxygens (including phenoxy) is 1. The smallest absolute Gasteiger partial charge is 0.407 e. The number of hydrogen-bond acceptors (Lipinski definition) is 5. The number of nitrogens with one attached hydrogen (secondary N) is 2. The Morgan fingerprint density at radius 3 is 2.70 bits per heavy atom. The Balaban J connectivity index is 2.25.